The molecule has 8 N–H and O–H groups in total. The van der Waals surface area contributed by atoms with E-state index in [9.17, 15) is 28.0 Å². The van der Waals surface area contributed by atoms with Crippen molar-refractivity contribution in [2.24, 2.45) is 0 Å². The number of aromatic nitrogens is 8. The van der Waals surface area contributed by atoms with E-state index in [0.29, 0.717) is 77.8 Å². The van der Waals surface area contributed by atoms with Crippen LogP contribution in [0.25, 0.3) is 67.3 Å². The van der Waals surface area contributed by atoms with E-state index in [4.69, 9.17) is 40.5 Å². The Labute approximate surface area is 666 Å². The Morgan fingerprint density at radius 3 is 1.10 bits per heavy atom. The largest absolute Gasteiger partial charge is 0.481 e. The zero-order valence-corrected chi connectivity index (χ0v) is 64.3. The number of thiazole rings is 4. The highest BCUT2D eigenvalue weighted by molar-refractivity contribution is 7.12. The Morgan fingerprint density at radius 1 is 0.386 bits per heavy atom. The number of nitriles is 4. The Kier molecular flexibility index (Phi) is 23.8. The molecular formula is C82H62F2N20O6S4. The van der Waals surface area contributed by atoms with Crippen LogP contribution in [0.4, 0.5) is 28.0 Å². The van der Waals surface area contributed by atoms with Gasteiger partial charge < -0.3 is 52.0 Å². The summed E-state index contributed by atoms with van der Waals surface area (Å²) in [5.74, 6) is -0.202. The number of hydrogen-bond acceptors (Lipinski definition) is 22. The highest BCUT2D eigenvalue weighted by Crippen LogP contribution is 2.43. The van der Waals surface area contributed by atoms with Crippen LogP contribution in [0.5, 0.6) is 11.8 Å². The highest BCUT2D eigenvalue weighted by Gasteiger charge is 2.36. The molecule has 0 saturated heterocycles. The number of ether oxygens (including phenoxy) is 2. The fourth-order valence-corrected chi connectivity index (χ4v) is 16.4. The summed E-state index contributed by atoms with van der Waals surface area (Å²) in [6.07, 6.45) is 5.63. The van der Waals surface area contributed by atoms with Gasteiger partial charge in [-0.15, -0.1) is 45.3 Å². The molecular weight excluding hydrogens is 1530 g/mol. The van der Waals surface area contributed by atoms with Crippen LogP contribution in [0.3, 0.4) is 0 Å². The number of carbonyl (C=O) groups excluding carboxylic acids is 4. The number of allylic oxidation sites excluding steroid dienone is 4. The molecule has 16 rings (SSSR count). The molecule has 4 aliphatic heterocycles. The summed E-state index contributed by atoms with van der Waals surface area (Å²) in [7, 11) is 3.11. The van der Waals surface area contributed by atoms with Gasteiger partial charge in [-0.1, -0.05) is 60.7 Å². The van der Waals surface area contributed by atoms with Crippen molar-refractivity contribution in [2.45, 2.75) is 51.9 Å². The second-order valence-corrected chi connectivity index (χ2v) is 28.6. The smallest absolute Gasteiger partial charge is 0.319 e. The third-order valence-electron chi connectivity index (χ3n) is 18.0. The predicted molar refractivity (Wildman–Crippen MR) is 427 cm³/mol. The topological polar surface area (TPSA) is 381 Å². The molecule has 0 bridgehead atoms. The first kappa shape index (κ1) is 77.6. The molecule has 4 unspecified atom stereocenters. The fourth-order valence-electron chi connectivity index (χ4n) is 12.5. The molecule has 4 aliphatic rings. The number of hydrogen-bond donors (Lipinski definition) is 8. The van der Waals surface area contributed by atoms with E-state index >= 15 is 0 Å². The molecule has 8 amide bonds. The van der Waals surface area contributed by atoms with E-state index in [2.05, 4.69) is 96.7 Å². The van der Waals surface area contributed by atoms with Crippen molar-refractivity contribution in [3.8, 4) is 81.1 Å². The van der Waals surface area contributed by atoms with Crippen LogP contribution in [-0.2, 0) is 0 Å². The van der Waals surface area contributed by atoms with E-state index in [-0.39, 0.29) is 17.6 Å². The molecule has 0 aliphatic carbocycles. The van der Waals surface area contributed by atoms with E-state index in [1.807, 2.05) is 108 Å². The van der Waals surface area contributed by atoms with Crippen LogP contribution in [0.15, 0.2) is 215 Å². The third kappa shape index (κ3) is 17.4. The molecule has 0 saturated carbocycles. The molecule has 564 valence electrons. The van der Waals surface area contributed by atoms with E-state index in [1.165, 1.54) is 57.7 Å². The maximum Gasteiger partial charge on any atom is 0.319 e. The summed E-state index contributed by atoms with van der Waals surface area (Å²) in [4.78, 5) is 83.4. The maximum absolute atomic E-state index is 14.4. The summed E-state index contributed by atoms with van der Waals surface area (Å²) in [6.45, 7) is 7.23. The van der Waals surface area contributed by atoms with Gasteiger partial charge in [0.15, 0.2) is 0 Å². The molecule has 12 aromatic rings. The minimum Gasteiger partial charge on any atom is -0.481 e. The van der Waals surface area contributed by atoms with E-state index in [0.717, 1.165) is 89.3 Å². The van der Waals surface area contributed by atoms with Crippen LogP contribution in [-0.4, -0.2) is 78.2 Å². The van der Waals surface area contributed by atoms with Gasteiger partial charge in [-0.25, -0.2) is 58.5 Å². The van der Waals surface area contributed by atoms with E-state index in [1.54, 1.807) is 107 Å². The van der Waals surface area contributed by atoms with Gasteiger partial charge in [-0.3, -0.25) is 4.98 Å². The lowest BCUT2D eigenvalue weighted by Gasteiger charge is -2.28. The van der Waals surface area contributed by atoms with Crippen LogP contribution >= 0.6 is 45.3 Å². The van der Waals surface area contributed by atoms with Crippen molar-refractivity contribution in [1.29, 1.82) is 21.0 Å². The summed E-state index contributed by atoms with van der Waals surface area (Å²) in [5.41, 5.74) is 16.9. The number of carbonyl (C=O) groups is 4. The van der Waals surface area contributed by atoms with Crippen molar-refractivity contribution in [3.05, 3.63) is 291 Å². The first-order chi connectivity index (χ1) is 55.3. The third-order valence-corrected chi connectivity index (χ3v) is 21.5. The standard InChI is InChI=1S/2C21H17N5O2S.2C20H14FN5OS/c1-12-17(18(26-21(27)24-12)15-4-3-9-23-19(15)28-2)20-25-16(11-29-20)14-7-5-13(10-22)6-8-14;1-12-18(19(26-21(27)23-12)15-4-3-5-17(24-15)28-2)20-25-16(11-29-20)14-8-6-13(10-22)7-9-14;1-11-17(18(26-20(27)24-11)14-6-7-23-9-15(14)21)19-25-16(10-28-19)13-4-2-12(8-22)3-5-13;1-11-16(17(26-20(27)24-11)14-3-2-8-23-18(14)21)19-25-15(10-28-19)13-6-4-12(9-22)5-7-13/h3-9,11,18H,1-2H3,(H2,24,26,27);3-9,11,19H,1-2H3,(H2,23,26,27);2-7,9-10,18H,1H3,(H2,24,26,27);2-8,10,17H,1H3,(H2,24,26,27). The zero-order valence-electron chi connectivity index (χ0n) is 61.0. The first-order valence-corrected chi connectivity index (χ1v) is 38.0. The Hall–Kier alpha value is -14.5. The molecule has 4 atom stereocenters. The van der Waals surface area contributed by atoms with Crippen LogP contribution < -0.4 is 52.0 Å². The number of halogens is 2. The van der Waals surface area contributed by atoms with Crippen LogP contribution in [0.2, 0.25) is 0 Å². The van der Waals surface area contributed by atoms with Gasteiger partial charge in [0.25, 0.3) is 0 Å². The average Bonchev–Trinajstić information content (AvgIpc) is 1.47. The van der Waals surface area contributed by atoms with Crippen LogP contribution in [0, 0.1) is 57.1 Å². The number of nitrogens with one attached hydrogen (secondary N) is 8. The fraction of sp³-hybridized carbons (Fsp3) is 0.122. The predicted octanol–water partition coefficient (Wildman–Crippen LogP) is 15.7. The molecule has 0 spiro atoms. The molecule has 0 radical (unpaired) electrons. The van der Waals surface area contributed by atoms with Crippen molar-refractivity contribution in [3.63, 3.8) is 0 Å². The van der Waals surface area contributed by atoms with Crippen molar-refractivity contribution < 1.29 is 37.4 Å². The van der Waals surface area contributed by atoms with Gasteiger partial charge >= 0.3 is 24.1 Å². The monoisotopic (exact) mass is 1590 g/mol. The van der Waals surface area contributed by atoms with Gasteiger partial charge in [-0.2, -0.15) is 25.4 Å². The van der Waals surface area contributed by atoms with Crippen molar-refractivity contribution in [2.75, 3.05) is 14.2 Å². The Morgan fingerprint density at radius 2 is 0.737 bits per heavy atom. The number of nitrogens with zero attached hydrogens (tertiary/aromatic N) is 12. The van der Waals surface area contributed by atoms with E-state index < -0.39 is 48.0 Å². The van der Waals surface area contributed by atoms with Gasteiger partial charge in [0, 0.05) is 130 Å². The molecule has 26 nitrogen and oxygen atoms in total. The Bertz CT molecular complexity index is 5830. The maximum atomic E-state index is 14.4. The minimum atomic E-state index is -0.692. The Balaban J connectivity index is 0.000000133. The number of amides is 8. The van der Waals surface area contributed by atoms with Crippen LogP contribution in [0.1, 0.15) is 117 Å². The molecule has 8 aromatic heterocycles. The highest BCUT2D eigenvalue weighted by atomic mass is 32.1. The van der Waals surface area contributed by atoms with Crippen molar-refractivity contribution >= 4 is 91.8 Å². The lowest BCUT2D eigenvalue weighted by Crippen LogP contribution is -2.43. The quantitative estimate of drug-likeness (QED) is 0.0469. The summed E-state index contributed by atoms with van der Waals surface area (Å²) in [5, 5.41) is 69.0. The number of methoxy groups -OCH3 is 2. The first-order valence-electron chi connectivity index (χ1n) is 34.5. The molecule has 4 aromatic carbocycles. The number of benzene rings is 4. The molecule has 32 heteroatoms. The summed E-state index contributed by atoms with van der Waals surface area (Å²) < 4.78 is 39.3. The lowest BCUT2D eigenvalue weighted by atomic mass is 9.96. The van der Waals surface area contributed by atoms with Gasteiger partial charge in [0.1, 0.15) is 31.9 Å². The normalized spacial score (nSPS) is 16.2. The number of urea groups is 4. The second kappa shape index (κ2) is 35.0. The number of pyridine rings is 4. The average molecular weight is 1590 g/mol. The zero-order chi connectivity index (χ0) is 80.1. The minimum absolute atomic E-state index is 0.279. The van der Waals surface area contributed by atoms with Crippen molar-refractivity contribution in [1.82, 2.24) is 82.4 Å². The molecule has 0 fully saturated rings. The lowest BCUT2D eigenvalue weighted by molar-refractivity contribution is 0.239. The SMILES string of the molecule is CC1=C(c2nc(-c3ccc(C#N)cc3)cs2)C(c2cccnc2F)NC(=O)N1.CC1=C(c2nc(-c3ccc(C#N)cc3)cs2)C(c2ccncc2F)NC(=O)N1.COc1cccc(C2NC(=O)NC(C)=C2c2nc(-c3ccc(C#N)cc3)cs2)n1.COc1ncccc1C1NC(=O)NC(C)=C1c1nc(-c2ccc(C#N)cc2)cs1. The number of rotatable bonds is 14. The summed E-state index contributed by atoms with van der Waals surface area (Å²) in [6, 6.07) is 47.5. The molecule has 12 heterocycles. The summed E-state index contributed by atoms with van der Waals surface area (Å²) >= 11 is 5.79. The van der Waals surface area contributed by atoms with Gasteiger partial charge in [0.2, 0.25) is 17.7 Å². The van der Waals surface area contributed by atoms with Gasteiger partial charge in [-0.05, 0) is 107 Å². The molecule has 114 heavy (non-hydrogen) atoms. The van der Waals surface area contributed by atoms with Gasteiger partial charge in [0.05, 0.1) is 114 Å². The second-order valence-electron chi connectivity index (χ2n) is 25.2.